The van der Waals surface area contributed by atoms with Gasteiger partial charge < -0.3 is 43.0 Å². The molecule has 0 aliphatic rings. The van der Waals surface area contributed by atoms with E-state index in [2.05, 4.69) is 28.6 Å². The number of alkyl halides is 2. The number of rotatable bonds is 9. The molecular formula is C32H33Cl2I3O8S. The van der Waals surface area contributed by atoms with E-state index in [1.54, 1.807) is 0 Å². The predicted octanol–water partition coefficient (Wildman–Crippen LogP) is -3.35. The van der Waals surface area contributed by atoms with Crippen LogP contribution in [0.15, 0.2) is 109 Å². The van der Waals surface area contributed by atoms with Gasteiger partial charge in [0.2, 0.25) is 7.14 Å². The van der Waals surface area contributed by atoms with Crippen molar-refractivity contribution in [3.8, 4) is 0 Å². The number of esters is 2. The number of hydrogen-bond acceptors (Lipinski definition) is 8. The number of benzene rings is 4. The highest BCUT2D eigenvalue weighted by Crippen LogP contribution is 2.02. The maximum Gasteiger partial charge on any atom is 0.358 e. The molecule has 4 rings (SSSR count). The molecule has 0 atom stereocenters. The molecule has 14 heteroatoms. The van der Waals surface area contributed by atoms with Crippen LogP contribution in [-0.2, 0) is 23.9 Å². The fourth-order valence-electron chi connectivity index (χ4n) is 3.03. The van der Waals surface area contributed by atoms with Crippen molar-refractivity contribution in [2.45, 2.75) is 13.8 Å². The molecule has 0 N–H and O–H groups in total. The first-order chi connectivity index (χ1) is 21.6. The van der Waals surface area contributed by atoms with Crippen LogP contribution in [0.3, 0.4) is 0 Å². The third kappa shape index (κ3) is 19.3. The molecule has 0 heterocycles. The molecule has 0 fully saturated rings. The van der Waals surface area contributed by atoms with E-state index in [-0.39, 0.29) is 83.7 Å². The van der Waals surface area contributed by atoms with Crippen molar-refractivity contribution in [2.75, 3.05) is 24.8 Å². The Hall–Kier alpha value is -1.54. The van der Waals surface area contributed by atoms with E-state index in [1.807, 2.05) is 98.8 Å². The molecule has 0 saturated carbocycles. The minimum absolute atomic E-state index is 0. The fourth-order valence-corrected chi connectivity index (χ4v) is 8.07. The zero-order valence-corrected chi connectivity index (χ0v) is 33.9. The van der Waals surface area contributed by atoms with E-state index in [1.165, 1.54) is 7.14 Å². The van der Waals surface area contributed by atoms with Gasteiger partial charge in [0, 0.05) is 0 Å². The second-order valence-electron chi connectivity index (χ2n) is 8.05. The van der Waals surface area contributed by atoms with Crippen molar-refractivity contribution < 1.29 is 103 Å². The Labute approximate surface area is 318 Å². The molecular weight excluding hydrogens is 996 g/mol. The van der Waals surface area contributed by atoms with Crippen LogP contribution in [0.5, 0.6) is 0 Å². The van der Waals surface area contributed by atoms with Crippen LogP contribution in [0.2, 0.25) is 0 Å². The topological polar surface area (TPSA) is 119 Å². The predicted molar refractivity (Wildman–Crippen MR) is 165 cm³/mol. The first kappa shape index (κ1) is 44.5. The summed E-state index contributed by atoms with van der Waals surface area (Å²) in [5.41, 5.74) is 1.41. The van der Waals surface area contributed by atoms with Crippen molar-refractivity contribution in [2.24, 2.45) is 0 Å². The Morgan fingerprint density at radius 3 is 1.22 bits per heavy atom. The van der Waals surface area contributed by atoms with Gasteiger partial charge in [-0.3, -0.25) is 0 Å². The number of halogens is 5. The molecule has 0 aromatic heterocycles. The summed E-state index contributed by atoms with van der Waals surface area (Å²) in [6.45, 7) is 4.48. The van der Waals surface area contributed by atoms with Crippen LogP contribution in [0.4, 0.5) is 0 Å². The van der Waals surface area contributed by atoms with Crippen LogP contribution >= 0.6 is 23.2 Å². The molecule has 4 aromatic rings. The van der Waals surface area contributed by atoms with Crippen molar-refractivity contribution in [1.29, 1.82) is 0 Å². The van der Waals surface area contributed by atoms with Crippen molar-refractivity contribution in [1.82, 2.24) is 0 Å². The van der Waals surface area contributed by atoms with Gasteiger partial charge in [0.15, 0.2) is 7.14 Å². The molecule has 4 aromatic carbocycles. The van der Waals surface area contributed by atoms with E-state index in [0.29, 0.717) is 30.6 Å². The van der Waals surface area contributed by atoms with Gasteiger partial charge in [-0.05, 0) is 62.4 Å². The lowest BCUT2D eigenvalue weighted by molar-refractivity contribution is -0.634. The molecule has 0 aliphatic carbocycles. The van der Waals surface area contributed by atoms with Gasteiger partial charge in [-0.2, -0.15) is 0 Å². The highest BCUT2D eigenvalue weighted by molar-refractivity contribution is 7.85. The molecule has 0 aliphatic heterocycles. The van der Waals surface area contributed by atoms with Gasteiger partial charge in [-0.25, -0.2) is 18.0 Å². The highest BCUT2D eigenvalue weighted by Gasteiger charge is 2.25. The number of ether oxygens (including phenoxy) is 2. The number of carbonyl (C=O) groups excluding carboxylic acids is 2. The summed E-state index contributed by atoms with van der Waals surface area (Å²) in [6, 6.07) is 36.0. The van der Waals surface area contributed by atoms with Crippen molar-refractivity contribution in [3.05, 3.63) is 135 Å². The summed E-state index contributed by atoms with van der Waals surface area (Å²) in [5, 5.41) is 9.06. The van der Waals surface area contributed by atoms with E-state index >= 15 is 0 Å². The molecule has 0 amide bonds. The Morgan fingerprint density at radius 1 is 0.652 bits per heavy atom. The van der Waals surface area contributed by atoms with Gasteiger partial charge in [0.25, 0.3) is 10.1 Å². The average Bonchev–Trinajstić information content (AvgIpc) is 3.03. The second kappa shape index (κ2) is 26.4. The maximum absolute atomic E-state index is 11.9. The van der Waals surface area contributed by atoms with Crippen molar-refractivity contribution >= 4 is 45.3 Å². The Morgan fingerprint density at radius 2 is 0.935 bits per heavy atom. The maximum atomic E-state index is 11.9. The van der Waals surface area contributed by atoms with E-state index < -0.39 is 10.1 Å². The summed E-state index contributed by atoms with van der Waals surface area (Å²) in [4.78, 5) is 23.7. The van der Waals surface area contributed by atoms with Crippen LogP contribution in [0.1, 0.15) is 34.6 Å². The van der Waals surface area contributed by atoms with E-state index in [0.717, 1.165) is 7.14 Å². The Bertz CT molecular complexity index is 1430. The minimum atomic E-state index is -3.72. The smallest absolute Gasteiger partial charge is 0.358 e. The second-order valence-corrected chi connectivity index (χ2v) is 16.3. The first-order valence-electron chi connectivity index (χ1n) is 13.1. The zero-order valence-electron chi connectivity index (χ0n) is 25.1. The summed E-state index contributed by atoms with van der Waals surface area (Å²) >= 11 is 8.85. The highest BCUT2D eigenvalue weighted by atomic mass is 127. The molecule has 0 saturated heterocycles. The normalized spacial score (nSPS) is 9.78. The third-order valence-corrected chi connectivity index (χ3v) is 10.7. The minimum Gasteiger partial charge on any atom is -1.00 e. The SMILES string of the molecule is CCOC(=O)c1ccccc1[I+]c1ccccc1.CCOC(=O)c1ccccc1[I+]c1ccccc1.CS(=O)(=O)O[O-].ClCCl.[I-]. The summed E-state index contributed by atoms with van der Waals surface area (Å²) in [5.74, 6) is -0.438. The molecule has 0 unspecified atom stereocenters. The standard InChI is InChI=1S/2C15H14IO2.CH2Cl2.CH4O4S.HI/c2*1-2-18-15(17)13-10-6-7-11-14(13)16-12-8-4-3-5-9-12;2-1-3;1-6(3,4)5-2;/h2*3-11H,2H2,1H3;1H2;2H,1H3;1H/q2*+1;;;/p-2. The Kier molecular flexibility index (Phi) is 25.5. The molecule has 0 spiro atoms. The largest absolute Gasteiger partial charge is 1.00 e. The summed E-state index contributed by atoms with van der Waals surface area (Å²) < 4.78 is 36.6. The molecule has 0 radical (unpaired) electrons. The molecule has 8 nitrogen and oxygen atoms in total. The molecule has 250 valence electrons. The summed E-state index contributed by atoms with van der Waals surface area (Å²) in [6.07, 6.45) is 0.681. The van der Waals surface area contributed by atoms with Crippen molar-refractivity contribution in [3.63, 3.8) is 0 Å². The van der Waals surface area contributed by atoms with Gasteiger partial charge in [0.1, 0.15) is 11.1 Å². The lowest BCUT2D eigenvalue weighted by atomic mass is 10.2. The Balaban J connectivity index is 0.000000688. The van der Waals surface area contributed by atoms with Gasteiger partial charge in [-0.15, -0.1) is 23.2 Å². The first-order valence-corrected chi connectivity index (χ1v) is 20.4. The van der Waals surface area contributed by atoms with Crippen LogP contribution < -0.4 is 71.6 Å². The lowest BCUT2D eigenvalue weighted by Crippen LogP contribution is -3.61. The monoisotopic (exact) mass is 1030 g/mol. The van der Waals surface area contributed by atoms with Crippen LogP contribution in [0, 0.1) is 14.3 Å². The van der Waals surface area contributed by atoms with Crippen LogP contribution in [-0.4, -0.2) is 45.2 Å². The molecule has 0 bridgehead atoms. The van der Waals surface area contributed by atoms with E-state index in [9.17, 15) is 18.0 Å². The van der Waals surface area contributed by atoms with Gasteiger partial charge in [0.05, 0.1) is 24.8 Å². The third-order valence-electron chi connectivity index (χ3n) is 4.75. The quantitative estimate of drug-likeness (QED) is 0.0562. The number of carbonyl (C=O) groups is 2. The summed E-state index contributed by atoms with van der Waals surface area (Å²) in [7, 11) is -3.72. The van der Waals surface area contributed by atoms with E-state index in [4.69, 9.17) is 37.9 Å². The zero-order chi connectivity index (χ0) is 33.5. The van der Waals surface area contributed by atoms with Crippen LogP contribution in [0.25, 0.3) is 0 Å². The average molecular weight is 1030 g/mol. The van der Waals surface area contributed by atoms with Gasteiger partial charge >= 0.3 is 54.3 Å². The number of hydrogen-bond donors (Lipinski definition) is 0. The van der Waals surface area contributed by atoms with Gasteiger partial charge in [-0.1, -0.05) is 60.7 Å². The molecule has 46 heavy (non-hydrogen) atoms. The lowest BCUT2D eigenvalue weighted by Gasteiger charge is -2.00. The fraction of sp³-hybridized carbons (Fsp3) is 0.188.